The predicted molar refractivity (Wildman–Crippen MR) is 56.9 cm³/mol. The number of halogens is 1. The van der Waals surface area contributed by atoms with Gasteiger partial charge in [0.05, 0.1) is 6.20 Å². The number of rotatable bonds is 3. The molecule has 78 valence electrons. The van der Waals surface area contributed by atoms with Crippen LogP contribution < -0.4 is 5.32 Å². The Hall–Kier alpha value is -1.84. The van der Waals surface area contributed by atoms with Crippen LogP contribution in [0.2, 0.25) is 0 Å². The first-order valence-corrected chi connectivity index (χ1v) is 4.70. The van der Waals surface area contributed by atoms with Crippen LogP contribution in [0, 0.1) is 5.82 Å². The van der Waals surface area contributed by atoms with E-state index in [-0.39, 0.29) is 5.82 Å². The molecule has 0 aliphatic heterocycles. The molecule has 2 aromatic rings. The molecule has 0 aliphatic rings. The smallest absolute Gasteiger partial charge is 0.141 e. The second kappa shape index (κ2) is 4.13. The summed E-state index contributed by atoms with van der Waals surface area (Å²) in [7, 11) is 1.97. The van der Waals surface area contributed by atoms with E-state index >= 15 is 0 Å². The van der Waals surface area contributed by atoms with E-state index in [0.717, 1.165) is 0 Å². The van der Waals surface area contributed by atoms with Crippen LogP contribution in [-0.4, -0.2) is 9.55 Å². The minimum atomic E-state index is -0.319. The average molecular weight is 205 g/mol. The van der Waals surface area contributed by atoms with E-state index in [0.29, 0.717) is 12.4 Å². The minimum Gasteiger partial charge on any atom is -0.366 e. The van der Waals surface area contributed by atoms with E-state index in [4.69, 9.17) is 0 Å². The van der Waals surface area contributed by atoms with E-state index in [1.54, 1.807) is 6.07 Å². The fraction of sp³-hybridized carbons (Fsp3) is 0.182. The van der Waals surface area contributed by atoms with Crippen molar-refractivity contribution >= 4 is 5.82 Å². The zero-order valence-electron chi connectivity index (χ0n) is 8.44. The first-order chi connectivity index (χ1) is 7.24. The van der Waals surface area contributed by atoms with Crippen LogP contribution in [0.4, 0.5) is 10.2 Å². The van der Waals surface area contributed by atoms with E-state index in [1.165, 1.54) is 17.8 Å². The summed E-state index contributed by atoms with van der Waals surface area (Å²) >= 11 is 0. The lowest BCUT2D eigenvalue weighted by atomic mass is 10.3. The number of aromatic nitrogens is 2. The molecular formula is C11H12FN3. The molecule has 2 rings (SSSR count). The Labute approximate surface area is 87.6 Å². The molecule has 0 fully saturated rings. The number of aryl methyl sites for hydroxylation is 1. The highest BCUT2D eigenvalue weighted by molar-refractivity contribution is 5.34. The normalized spacial score (nSPS) is 10.3. The molecule has 0 saturated carbocycles. The molecule has 0 saturated heterocycles. The van der Waals surface area contributed by atoms with Crippen molar-refractivity contribution in [2.45, 2.75) is 6.54 Å². The van der Waals surface area contributed by atoms with Gasteiger partial charge in [-0.05, 0) is 23.8 Å². The van der Waals surface area contributed by atoms with Crippen LogP contribution in [0.15, 0.2) is 36.8 Å². The summed E-state index contributed by atoms with van der Waals surface area (Å²) in [5, 5.41) is 3.11. The Morgan fingerprint density at radius 3 is 2.87 bits per heavy atom. The van der Waals surface area contributed by atoms with Crippen molar-refractivity contribution in [1.29, 1.82) is 0 Å². The number of nitrogens with one attached hydrogen (secondary N) is 1. The predicted octanol–water partition coefficient (Wildman–Crippen LogP) is 2.17. The Bertz CT molecular complexity index is 433. The van der Waals surface area contributed by atoms with Crippen LogP contribution in [0.1, 0.15) is 5.56 Å². The summed E-state index contributed by atoms with van der Waals surface area (Å²) in [5.41, 5.74) is 1.17. The van der Waals surface area contributed by atoms with Gasteiger partial charge in [-0.2, -0.15) is 0 Å². The monoisotopic (exact) mass is 205 g/mol. The van der Waals surface area contributed by atoms with Crippen molar-refractivity contribution in [2.75, 3.05) is 5.32 Å². The molecule has 0 spiro atoms. The Morgan fingerprint density at radius 1 is 1.40 bits per heavy atom. The van der Waals surface area contributed by atoms with Gasteiger partial charge in [0.1, 0.15) is 11.6 Å². The molecule has 1 N–H and O–H groups in total. The molecule has 15 heavy (non-hydrogen) atoms. The van der Waals surface area contributed by atoms with Crippen molar-refractivity contribution in [3.8, 4) is 0 Å². The molecule has 2 heterocycles. The van der Waals surface area contributed by atoms with Crippen LogP contribution in [0.3, 0.4) is 0 Å². The molecule has 2 aromatic heterocycles. The molecule has 0 atom stereocenters. The highest BCUT2D eigenvalue weighted by Gasteiger charge is 1.96. The zero-order valence-corrected chi connectivity index (χ0v) is 8.44. The van der Waals surface area contributed by atoms with E-state index in [2.05, 4.69) is 10.3 Å². The maximum absolute atomic E-state index is 12.6. The van der Waals surface area contributed by atoms with Gasteiger partial charge in [0.25, 0.3) is 0 Å². The minimum absolute atomic E-state index is 0.319. The molecule has 4 heteroatoms. The second-order valence-electron chi connectivity index (χ2n) is 3.40. The number of hydrogen-bond donors (Lipinski definition) is 1. The van der Waals surface area contributed by atoms with Crippen molar-refractivity contribution in [3.63, 3.8) is 0 Å². The fourth-order valence-electron chi connectivity index (χ4n) is 1.34. The van der Waals surface area contributed by atoms with E-state index < -0.39 is 0 Å². The quantitative estimate of drug-likeness (QED) is 0.832. The maximum Gasteiger partial charge on any atom is 0.141 e. The average Bonchev–Trinajstić information content (AvgIpc) is 2.64. The maximum atomic E-state index is 12.6. The van der Waals surface area contributed by atoms with Crippen LogP contribution in [0.5, 0.6) is 0 Å². The molecule has 0 aromatic carbocycles. The fourth-order valence-corrected chi connectivity index (χ4v) is 1.34. The SMILES string of the molecule is Cn1ccc(CNc2ccc(F)cn2)c1. The first-order valence-electron chi connectivity index (χ1n) is 4.70. The van der Waals surface area contributed by atoms with Gasteiger partial charge < -0.3 is 9.88 Å². The zero-order chi connectivity index (χ0) is 10.7. The molecule has 0 bridgehead atoms. The molecule has 0 amide bonds. The summed E-state index contributed by atoms with van der Waals surface area (Å²) < 4.78 is 14.5. The third kappa shape index (κ3) is 2.56. The molecule has 0 aliphatic carbocycles. The highest BCUT2D eigenvalue weighted by Crippen LogP contribution is 2.06. The van der Waals surface area contributed by atoms with Crippen LogP contribution in [-0.2, 0) is 13.6 Å². The second-order valence-corrected chi connectivity index (χ2v) is 3.40. The van der Waals surface area contributed by atoms with Crippen molar-refractivity contribution < 1.29 is 4.39 Å². The summed E-state index contributed by atoms with van der Waals surface area (Å²) in [6.45, 7) is 0.694. The van der Waals surface area contributed by atoms with Gasteiger partial charge in [-0.25, -0.2) is 9.37 Å². The molecule has 0 radical (unpaired) electrons. The van der Waals surface area contributed by atoms with Crippen molar-refractivity contribution in [1.82, 2.24) is 9.55 Å². The summed E-state index contributed by atoms with van der Waals surface area (Å²) in [4.78, 5) is 3.91. The van der Waals surface area contributed by atoms with Crippen LogP contribution >= 0.6 is 0 Å². The highest BCUT2D eigenvalue weighted by atomic mass is 19.1. The lowest BCUT2D eigenvalue weighted by Crippen LogP contribution is -2.00. The summed E-state index contributed by atoms with van der Waals surface area (Å²) in [6.07, 6.45) is 5.21. The Morgan fingerprint density at radius 2 is 2.27 bits per heavy atom. The number of pyridine rings is 1. The van der Waals surface area contributed by atoms with Gasteiger partial charge in [-0.3, -0.25) is 0 Å². The van der Waals surface area contributed by atoms with Gasteiger partial charge in [-0.15, -0.1) is 0 Å². The largest absolute Gasteiger partial charge is 0.366 e. The van der Waals surface area contributed by atoms with Gasteiger partial charge in [0, 0.05) is 26.0 Å². The third-order valence-electron chi connectivity index (χ3n) is 2.09. The van der Waals surface area contributed by atoms with Gasteiger partial charge in [-0.1, -0.05) is 0 Å². The number of nitrogens with zero attached hydrogens (tertiary/aromatic N) is 2. The van der Waals surface area contributed by atoms with Crippen LogP contribution in [0.25, 0.3) is 0 Å². The molecular weight excluding hydrogens is 193 g/mol. The first kappa shape index (κ1) is 9.71. The lowest BCUT2D eigenvalue weighted by molar-refractivity contribution is 0.621. The van der Waals surface area contributed by atoms with Gasteiger partial charge in [0.2, 0.25) is 0 Å². The van der Waals surface area contributed by atoms with E-state index in [1.807, 2.05) is 30.1 Å². The number of hydrogen-bond acceptors (Lipinski definition) is 2. The lowest BCUT2D eigenvalue weighted by Gasteiger charge is -2.02. The van der Waals surface area contributed by atoms with Crippen molar-refractivity contribution in [2.24, 2.45) is 7.05 Å². The summed E-state index contributed by atoms with van der Waals surface area (Å²) in [5.74, 6) is 0.362. The van der Waals surface area contributed by atoms with E-state index in [9.17, 15) is 4.39 Å². The summed E-state index contributed by atoms with van der Waals surface area (Å²) in [6, 6.07) is 5.04. The topological polar surface area (TPSA) is 29.9 Å². The molecule has 0 unspecified atom stereocenters. The van der Waals surface area contributed by atoms with Gasteiger partial charge >= 0.3 is 0 Å². The third-order valence-corrected chi connectivity index (χ3v) is 2.09. The Kier molecular flexibility index (Phi) is 2.67. The number of anilines is 1. The standard InChI is InChI=1S/C11H12FN3/c1-15-5-4-9(8-15)6-13-11-3-2-10(12)7-14-11/h2-5,7-8H,6H2,1H3,(H,13,14). The van der Waals surface area contributed by atoms with Gasteiger partial charge in [0.15, 0.2) is 0 Å². The molecule has 3 nitrogen and oxygen atoms in total. The van der Waals surface area contributed by atoms with Crippen molar-refractivity contribution in [3.05, 3.63) is 48.2 Å². The Balaban J connectivity index is 1.96.